The molecule has 0 heterocycles. The first-order valence-electron chi connectivity index (χ1n) is 6.88. The Morgan fingerprint density at radius 2 is 1.64 bits per heavy atom. The Bertz CT molecular complexity index is 461. The van der Waals surface area contributed by atoms with Crippen molar-refractivity contribution in [3.05, 3.63) is 34.4 Å². The molecular formula is C14H19NO7. The molecule has 0 aliphatic carbocycles. The van der Waals surface area contributed by atoms with Crippen molar-refractivity contribution in [3.63, 3.8) is 0 Å². The zero-order valence-electron chi connectivity index (χ0n) is 12.4. The van der Waals surface area contributed by atoms with Crippen LogP contribution in [-0.4, -0.2) is 44.1 Å². The van der Waals surface area contributed by atoms with Gasteiger partial charge in [-0.05, 0) is 18.6 Å². The molecule has 1 rings (SSSR count). The average molecular weight is 313 g/mol. The van der Waals surface area contributed by atoms with Gasteiger partial charge in [0, 0.05) is 18.7 Å². The molecule has 0 atom stereocenters. The van der Waals surface area contributed by atoms with Gasteiger partial charge in [0.1, 0.15) is 12.4 Å². The number of non-ortho nitro benzene ring substituents is 1. The van der Waals surface area contributed by atoms with Gasteiger partial charge in [0.25, 0.3) is 5.69 Å². The molecule has 0 amide bonds. The summed E-state index contributed by atoms with van der Waals surface area (Å²) in [5.74, 6) is 0.171. The highest BCUT2D eigenvalue weighted by molar-refractivity contribution is 5.63. The number of ether oxygens (including phenoxy) is 4. The summed E-state index contributed by atoms with van der Waals surface area (Å²) in [6.07, 6.45) is 0.0668. The van der Waals surface area contributed by atoms with Crippen LogP contribution in [-0.2, 0) is 14.2 Å². The lowest BCUT2D eigenvalue weighted by Gasteiger charge is -2.07. The van der Waals surface area contributed by atoms with E-state index in [1.54, 1.807) is 0 Å². The molecule has 8 heteroatoms. The zero-order valence-corrected chi connectivity index (χ0v) is 12.4. The molecule has 8 nitrogen and oxygen atoms in total. The van der Waals surface area contributed by atoms with Crippen LogP contribution in [0.4, 0.5) is 10.5 Å². The molecule has 0 unspecified atom stereocenters. The molecule has 122 valence electrons. The predicted molar refractivity (Wildman–Crippen MR) is 77.0 cm³/mol. The zero-order chi connectivity index (χ0) is 16.2. The van der Waals surface area contributed by atoms with Gasteiger partial charge in [-0.15, -0.1) is 0 Å². The van der Waals surface area contributed by atoms with Gasteiger partial charge in [-0.3, -0.25) is 10.1 Å². The van der Waals surface area contributed by atoms with Crippen molar-refractivity contribution in [2.24, 2.45) is 0 Å². The summed E-state index contributed by atoms with van der Waals surface area (Å²) in [4.78, 5) is 21.3. The van der Waals surface area contributed by atoms with Gasteiger partial charge in [-0.2, -0.15) is 0 Å². The fourth-order valence-corrected chi connectivity index (χ4v) is 1.41. The highest BCUT2D eigenvalue weighted by atomic mass is 16.7. The van der Waals surface area contributed by atoms with Gasteiger partial charge in [0.15, 0.2) is 0 Å². The molecule has 22 heavy (non-hydrogen) atoms. The van der Waals surface area contributed by atoms with Crippen LogP contribution in [0.2, 0.25) is 0 Å². The average Bonchev–Trinajstić information content (AvgIpc) is 2.50. The van der Waals surface area contributed by atoms with E-state index in [1.165, 1.54) is 24.3 Å². The lowest BCUT2D eigenvalue weighted by Crippen LogP contribution is -2.15. The van der Waals surface area contributed by atoms with E-state index in [0.29, 0.717) is 19.8 Å². The Balaban J connectivity index is 2.12. The van der Waals surface area contributed by atoms with E-state index in [1.807, 2.05) is 6.92 Å². The standard InChI is InChI=1S/C14H19NO7/c1-2-7-19-8-9-20-10-11-21-14(16)22-13-5-3-12(4-6-13)15(17)18/h3-6H,2,7-11H2,1H3. The minimum atomic E-state index is -0.889. The highest BCUT2D eigenvalue weighted by Gasteiger charge is 2.08. The molecule has 1 aromatic carbocycles. The van der Waals surface area contributed by atoms with E-state index in [2.05, 4.69) is 0 Å². The maximum absolute atomic E-state index is 11.3. The van der Waals surface area contributed by atoms with E-state index in [9.17, 15) is 14.9 Å². The van der Waals surface area contributed by atoms with E-state index in [0.717, 1.165) is 6.42 Å². The number of nitrogens with zero attached hydrogens (tertiary/aromatic N) is 1. The monoisotopic (exact) mass is 313 g/mol. The first-order chi connectivity index (χ1) is 10.6. The van der Waals surface area contributed by atoms with E-state index in [4.69, 9.17) is 18.9 Å². The van der Waals surface area contributed by atoms with Crippen LogP contribution in [0.15, 0.2) is 24.3 Å². The third kappa shape index (κ3) is 7.55. The van der Waals surface area contributed by atoms with Crippen LogP contribution in [0.5, 0.6) is 5.75 Å². The van der Waals surface area contributed by atoms with Crippen molar-refractivity contribution in [1.29, 1.82) is 0 Å². The first-order valence-corrected chi connectivity index (χ1v) is 6.88. The van der Waals surface area contributed by atoms with Crippen LogP contribution in [0, 0.1) is 10.1 Å². The van der Waals surface area contributed by atoms with Gasteiger partial charge in [-0.25, -0.2) is 4.79 Å². The van der Waals surface area contributed by atoms with Gasteiger partial charge < -0.3 is 18.9 Å². The van der Waals surface area contributed by atoms with Gasteiger partial charge >= 0.3 is 6.16 Å². The number of nitro benzene ring substituents is 1. The Hall–Kier alpha value is -2.19. The number of carbonyl (C=O) groups is 1. The number of nitro groups is 1. The number of hydrogen-bond acceptors (Lipinski definition) is 7. The smallest absolute Gasteiger partial charge is 0.432 e. The Labute approximate surface area is 128 Å². The quantitative estimate of drug-likeness (QED) is 0.215. The third-order valence-corrected chi connectivity index (χ3v) is 2.42. The molecule has 0 saturated carbocycles. The number of carbonyl (C=O) groups excluding carboxylic acids is 1. The molecule has 1 aromatic rings. The van der Waals surface area contributed by atoms with Gasteiger partial charge in [0.05, 0.1) is 24.7 Å². The summed E-state index contributed by atoms with van der Waals surface area (Å²) < 4.78 is 20.0. The molecule has 0 saturated heterocycles. The molecule has 0 bridgehead atoms. The minimum Gasteiger partial charge on any atom is -0.432 e. The van der Waals surface area contributed by atoms with Crippen LogP contribution in [0.3, 0.4) is 0 Å². The molecule has 0 aliphatic rings. The maximum Gasteiger partial charge on any atom is 0.513 e. The van der Waals surface area contributed by atoms with Crippen LogP contribution >= 0.6 is 0 Å². The van der Waals surface area contributed by atoms with Crippen LogP contribution in [0.25, 0.3) is 0 Å². The van der Waals surface area contributed by atoms with Gasteiger partial charge in [0.2, 0.25) is 0 Å². The molecule has 0 N–H and O–H groups in total. The van der Waals surface area contributed by atoms with E-state index in [-0.39, 0.29) is 24.7 Å². The molecular weight excluding hydrogens is 294 g/mol. The molecule has 0 aromatic heterocycles. The molecule has 0 fully saturated rings. The third-order valence-electron chi connectivity index (χ3n) is 2.42. The first kappa shape index (κ1) is 17.9. The topological polar surface area (TPSA) is 97.1 Å². The largest absolute Gasteiger partial charge is 0.513 e. The second-order valence-corrected chi connectivity index (χ2v) is 4.18. The Kier molecular flexibility index (Phi) is 8.54. The maximum atomic E-state index is 11.3. The predicted octanol–water partition coefficient (Wildman–Crippen LogP) is 2.55. The minimum absolute atomic E-state index is 0.0552. The van der Waals surface area contributed by atoms with Crippen molar-refractivity contribution in [2.75, 3.05) is 33.0 Å². The summed E-state index contributed by atoms with van der Waals surface area (Å²) in [5.41, 5.74) is -0.0839. The van der Waals surface area contributed by atoms with Crippen molar-refractivity contribution in [2.45, 2.75) is 13.3 Å². The molecule has 0 spiro atoms. The number of hydrogen-bond donors (Lipinski definition) is 0. The summed E-state index contributed by atoms with van der Waals surface area (Å²) in [5, 5.41) is 10.5. The second kappa shape index (κ2) is 10.5. The van der Waals surface area contributed by atoms with E-state index >= 15 is 0 Å². The van der Waals surface area contributed by atoms with Gasteiger partial charge in [-0.1, -0.05) is 6.92 Å². The second-order valence-electron chi connectivity index (χ2n) is 4.18. The summed E-state index contributed by atoms with van der Waals surface area (Å²) in [7, 11) is 0. The summed E-state index contributed by atoms with van der Waals surface area (Å²) in [6.45, 7) is 3.94. The Morgan fingerprint density at radius 1 is 1.05 bits per heavy atom. The Morgan fingerprint density at radius 3 is 2.23 bits per heavy atom. The number of benzene rings is 1. The van der Waals surface area contributed by atoms with E-state index < -0.39 is 11.1 Å². The van der Waals surface area contributed by atoms with Crippen molar-refractivity contribution in [1.82, 2.24) is 0 Å². The van der Waals surface area contributed by atoms with Crippen molar-refractivity contribution in [3.8, 4) is 5.75 Å². The summed E-state index contributed by atoms with van der Waals surface area (Å²) in [6, 6.07) is 5.12. The molecule has 0 aliphatic heterocycles. The lowest BCUT2D eigenvalue weighted by atomic mass is 10.3. The SMILES string of the molecule is CCCOCCOCCOC(=O)Oc1ccc([N+](=O)[O-])cc1. The molecule has 0 radical (unpaired) electrons. The van der Waals surface area contributed by atoms with Crippen LogP contribution < -0.4 is 4.74 Å². The fraction of sp³-hybridized carbons (Fsp3) is 0.500. The van der Waals surface area contributed by atoms with Crippen LogP contribution in [0.1, 0.15) is 13.3 Å². The lowest BCUT2D eigenvalue weighted by molar-refractivity contribution is -0.384. The normalized spacial score (nSPS) is 10.2. The van der Waals surface area contributed by atoms with Crippen molar-refractivity contribution < 1.29 is 28.7 Å². The van der Waals surface area contributed by atoms with Crippen molar-refractivity contribution >= 4 is 11.8 Å². The fourth-order valence-electron chi connectivity index (χ4n) is 1.41. The number of rotatable bonds is 10. The summed E-state index contributed by atoms with van der Waals surface area (Å²) >= 11 is 0. The highest BCUT2D eigenvalue weighted by Crippen LogP contribution is 2.17.